The molecule has 0 aromatic carbocycles. The number of rotatable bonds is 8. The molecular formula is C14H30OSi. The van der Waals surface area contributed by atoms with E-state index in [0.29, 0.717) is 17.2 Å². The zero-order valence-corrected chi connectivity index (χ0v) is 13.0. The lowest BCUT2D eigenvalue weighted by molar-refractivity contribution is 0.195. The van der Waals surface area contributed by atoms with Gasteiger partial charge in [0.05, 0.1) is 0 Å². The van der Waals surface area contributed by atoms with Crippen LogP contribution < -0.4 is 0 Å². The summed E-state index contributed by atoms with van der Waals surface area (Å²) in [5, 5.41) is 0. The molecule has 3 atom stereocenters. The highest BCUT2D eigenvalue weighted by molar-refractivity contribution is 6.81. The molecule has 0 saturated carbocycles. The van der Waals surface area contributed by atoms with E-state index < -0.39 is 8.32 Å². The first-order valence-electron chi connectivity index (χ1n) is 6.79. The van der Waals surface area contributed by atoms with Gasteiger partial charge in [-0.15, -0.1) is 6.58 Å². The van der Waals surface area contributed by atoms with Crippen LogP contribution in [0.2, 0.25) is 11.1 Å². The monoisotopic (exact) mass is 242 g/mol. The van der Waals surface area contributed by atoms with E-state index in [4.69, 9.17) is 4.43 Å². The van der Waals surface area contributed by atoms with Crippen molar-refractivity contribution >= 4 is 8.32 Å². The highest BCUT2D eigenvalue weighted by atomic mass is 28.4. The molecule has 0 aromatic heterocycles. The van der Waals surface area contributed by atoms with Crippen LogP contribution in [0.4, 0.5) is 0 Å². The van der Waals surface area contributed by atoms with Gasteiger partial charge in [0.2, 0.25) is 8.32 Å². The van der Waals surface area contributed by atoms with E-state index in [1.165, 1.54) is 12.8 Å². The van der Waals surface area contributed by atoms with Crippen LogP contribution in [0.25, 0.3) is 0 Å². The fourth-order valence-electron chi connectivity index (χ4n) is 2.24. The average Bonchev–Trinajstić information content (AvgIpc) is 2.33. The van der Waals surface area contributed by atoms with Crippen LogP contribution in [0.1, 0.15) is 60.8 Å². The highest BCUT2D eigenvalue weighted by Crippen LogP contribution is 2.39. The van der Waals surface area contributed by atoms with E-state index in [-0.39, 0.29) is 0 Å². The van der Waals surface area contributed by atoms with Crippen LogP contribution in [-0.4, -0.2) is 14.4 Å². The maximum Gasteiger partial charge on any atom is 0.222 e. The fourth-order valence-corrected chi connectivity index (χ4v) is 6.72. The van der Waals surface area contributed by atoms with Crippen molar-refractivity contribution in [1.29, 1.82) is 0 Å². The molecule has 3 unspecified atom stereocenters. The van der Waals surface area contributed by atoms with Gasteiger partial charge in [-0.2, -0.15) is 0 Å². The van der Waals surface area contributed by atoms with Crippen molar-refractivity contribution in [2.45, 2.75) is 78.0 Å². The predicted molar refractivity (Wildman–Crippen MR) is 76.2 cm³/mol. The number of hydrogen-bond acceptors (Lipinski definition) is 1. The van der Waals surface area contributed by atoms with E-state index in [1.807, 2.05) is 0 Å². The maximum absolute atomic E-state index is 6.46. The van der Waals surface area contributed by atoms with Gasteiger partial charge in [-0.05, 0) is 24.4 Å². The Labute approximate surface area is 103 Å². The van der Waals surface area contributed by atoms with E-state index in [1.54, 1.807) is 0 Å². The molecule has 96 valence electrons. The molecule has 0 aliphatic carbocycles. The Bertz CT molecular complexity index is 193. The van der Waals surface area contributed by atoms with Crippen molar-refractivity contribution < 1.29 is 4.43 Å². The minimum atomic E-state index is -1.80. The summed E-state index contributed by atoms with van der Waals surface area (Å²) in [4.78, 5) is 0. The van der Waals surface area contributed by atoms with Crippen molar-refractivity contribution in [2.75, 3.05) is 0 Å². The second kappa shape index (κ2) is 7.28. The highest BCUT2D eigenvalue weighted by Gasteiger charge is 2.42. The Morgan fingerprint density at radius 3 is 1.69 bits per heavy atom. The molecule has 0 saturated heterocycles. The standard InChI is InChI=1S/C14H30OSi/c1-8-12(5)15-16(11-4,13(6)9-2)14(7)10-3/h11-14H,4,8-10H2,1-3,5-7H3. The summed E-state index contributed by atoms with van der Waals surface area (Å²) < 4.78 is 6.46. The van der Waals surface area contributed by atoms with Gasteiger partial charge in [-0.25, -0.2) is 0 Å². The largest absolute Gasteiger partial charge is 0.410 e. The Morgan fingerprint density at radius 2 is 1.44 bits per heavy atom. The smallest absolute Gasteiger partial charge is 0.222 e. The molecule has 2 heteroatoms. The van der Waals surface area contributed by atoms with Crippen LogP contribution in [0.5, 0.6) is 0 Å². The van der Waals surface area contributed by atoms with Gasteiger partial charge in [0.15, 0.2) is 0 Å². The van der Waals surface area contributed by atoms with Crippen molar-refractivity contribution in [2.24, 2.45) is 0 Å². The quantitative estimate of drug-likeness (QED) is 0.540. The molecule has 0 aliphatic rings. The van der Waals surface area contributed by atoms with Gasteiger partial charge in [-0.3, -0.25) is 0 Å². The molecule has 0 radical (unpaired) electrons. The first-order chi connectivity index (χ1) is 7.48. The summed E-state index contributed by atoms with van der Waals surface area (Å²) >= 11 is 0. The normalized spacial score (nSPS) is 20.9. The Kier molecular flexibility index (Phi) is 7.25. The predicted octanol–water partition coefficient (Wildman–Crippen LogP) is 5.07. The van der Waals surface area contributed by atoms with Gasteiger partial charge < -0.3 is 4.43 Å². The van der Waals surface area contributed by atoms with E-state index >= 15 is 0 Å². The summed E-state index contributed by atoms with van der Waals surface area (Å²) in [6.45, 7) is 17.7. The van der Waals surface area contributed by atoms with Crippen LogP contribution in [0.3, 0.4) is 0 Å². The Morgan fingerprint density at radius 1 is 1.00 bits per heavy atom. The van der Waals surface area contributed by atoms with Crippen molar-refractivity contribution in [3.05, 3.63) is 12.3 Å². The molecule has 0 aliphatic heterocycles. The van der Waals surface area contributed by atoms with Crippen LogP contribution >= 0.6 is 0 Å². The summed E-state index contributed by atoms with van der Waals surface area (Å²) in [7, 11) is -1.80. The maximum atomic E-state index is 6.46. The molecule has 0 spiro atoms. The summed E-state index contributed by atoms with van der Waals surface area (Å²) in [5.41, 5.74) is 3.50. The summed E-state index contributed by atoms with van der Waals surface area (Å²) in [5.74, 6) is 0. The summed E-state index contributed by atoms with van der Waals surface area (Å²) in [6.07, 6.45) is 3.85. The SMILES string of the molecule is C=C[Si](OC(C)CC)(C(C)CC)C(C)CC. The molecule has 0 bridgehead atoms. The third kappa shape index (κ3) is 3.46. The molecule has 16 heavy (non-hydrogen) atoms. The molecule has 1 nitrogen and oxygen atoms in total. The van der Waals surface area contributed by atoms with Gasteiger partial charge in [0.1, 0.15) is 0 Å². The van der Waals surface area contributed by atoms with Crippen LogP contribution in [-0.2, 0) is 4.43 Å². The minimum Gasteiger partial charge on any atom is -0.410 e. The average molecular weight is 242 g/mol. The Balaban J connectivity index is 5.03. The Hall–Kier alpha value is -0.0831. The molecular weight excluding hydrogens is 212 g/mol. The second-order valence-electron chi connectivity index (χ2n) is 5.01. The van der Waals surface area contributed by atoms with Crippen molar-refractivity contribution in [3.63, 3.8) is 0 Å². The zero-order valence-electron chi connectivity index (χ0n) is 12.0. The minimum absolute atomic E-state index is 0.368. The molecule has 0 rings (SSSR count). The van der Waals surface area contributed by atoms with E-state index in [2.05, 4.69) is 53.8 Å². The van der Waals surface area contributed by atoms with Crippen LogP contribution in [0, 0.1) is 0 Å². The van der Waals surface area contributed by atoms with Crippen molar-refractivity contribution in [3.8, 4) is 0 Å². The van der Waals surface area contributed by atoms with Gasteiger partial charge in [0.25, 0.3) is 0 Å². The first kappa shape index (κ1) is 15.9. The lowest BCUT2D eigenvalue weighted by atomic mass is 10.3. The third-order valence-electron chi connectivity index (χ3n) is 4.06. The molecule has 0 heterocycles. The van der Waals surface area contributed by atoms with Crippen LogP contribution in [0.15, 0.2) is 12.3 Å². The third-order valence-corrected chi connectivity index (χ3v) is 9.41. The topological polar surface area (TPSA) is 9.23 Å². The van der Waals surface area contributed by atoms with Gasteiger partial charge >= 0.3 is 0 Å². The number of hydrogen-bond donors (Lipinski definition) is 0. The van der Waals surface area contributed by atoms with E-state index in [0.717, 1.165) is 6.42 Å². The molecule has 0 amide bonds. The van der Waals surface area contributed by atoms with Gasteiger partial charge in [-0.1, -0.05) is 53.2 Å². The molecule has 0 N–H and O–H groups in total. The fraction of sp³-hybridized carbons (Fsp3) is 0.857. The molecule has 0 aromatic rings. The van der Waals surface area contributed by atoms with Crippen molar-refractivity contribution in [1.82, 2.24) is 0 Å². The first-order valence-corrected chi connectivity index (χ1v) is 8.93. The molecule has 0 fully saturated rings. The second-order valence-corrected chi connectivity index (χ2v) is 9.34. The zero-order chi connectivity index (χ0) is 12.8. The lowest BCUT2D eigenvalue weighted by Gasteiger charge is -2.40. The summed E-state index contributed by atoms with van der Waals surface area (Å²) in [6, 6.07) is 0. The van der Waals surface area contributed by atoms with Gasteiger partial charge in [0, 0.05) is 6.10 Å². The van der Waals surface area contributed by atoms with E-state index in [9.17, 15) is 0 Å². The lowest BCUT2D eigenvalue weighted by Crippen LogP contribution is -2.46.